The summed E-state index contributed by atoms with van der Waals surface area (Å²) < 4.78 is 5.64. The predicted molar refractivity (Wildman–Crippen MR) is 49.5 cm³/mol. The van der Waals surface area contributed by atoms with E-state index in [-0.39, 0.29) is 5.97 Å². The molecule has 0 spiro atoms. The highest BCUT2D eigenvalue weighted by atomic mass is 32.2. The largest absolute Gasteiger partial charge is 0.469 e. The molecule has 1 aromatic rings. The molecule has 0 aliphatic heterocycles. The van der Waals surface area contributed by atoms with Crippen LogP contribution >= 0.6 is 23.1 Å². The monoisotopic (exact) mass is 203 g/mol. The SMILES string of the molecule is COC(=O)CCSc1cncs1. The smallest absolute Gasteiger partial charge is 0.306 e. The molecule has 0 N–H and O–H groups in total. The van der Waals surface area contributed by atoms with Gasteiger partial charge in [0.15, 0.2) is 0 Å². The minimum absolute atomic E-state index is 0.160. The molecular weight excluding hydrogens is 194 g/mol. The van der Waals surface area contributed by atoms with E-state index in [0.29, 0.717) is 6.42 Å². The van der Waals surface area contributed by atoms with Crippen LogP contribution in [0.2, 0.25) is 0 Å². The van der Waals surface area contributed by atoms with E-state index in [1.165, 1.54) is 7.11 Å². The number of ether oxygens (including phenoxy) is 1. The van der Waals surface area contributed by atoms with Gasteiger partial charge in [-0.05, 0) is 0 Å². The van der Waals surface area contributed by atoms with E-state index in [9.17, 15) is 4.79 Å². The second-order valence-corrected chi connectivity index (χ2v) is 4.28. The lowest BCUT2D eigenvalue weighted by Gasteiger charge is -1.96. The molecule has 0 fully saturated rings. The Hall–Kier alpha value is -0.550. The number of hydrogen-bond donors (Lipinski definition) is 0. The fraction of sp³-hybridized carbons (Fsp3) is 0.429. The van der Waals surface area contributed by atoms with Gasteiger partial charge in [0, 0.05) is 5.75 Å². The van der Waals surface area contributed by atoms with E-state index >= 15 is 0 Å². The summed E-state index contributed by atoms with van der Waals surface area (Å²) in [4.78, 5) is 14.6. The lowest BCUT2D eigenvalue weighted by molar-refractivity contribution is -0.140. The van der Waals surface area contributed by atoms with Crippen LogP contribution in [0.5, 0.6) is 0 Å². The zero-order valence-corrected chi connectivity index (χ0v) is 8.28. The lowest BCUT2D eigenvalue weighted by atomic mass is 10.5. The molecular formula is C7H9NO2S2. The number of methoxy groups -OCH3 is 1. The predicted octanol–water partition coefficient (Wildman–Crippen LogP) is 1.80. The summed E-state index contributed by atoms with van der Waals surface area (Å²) in [5.41, 5.74) is 1.78. The van der Waals surface area contributed by atoms with Crippen molar-refractivity contribution in [1.29, 1.82) is 0 Å². The van der Waals surface area contributed by atoms with Crippen molar-refractivity contribution in [2.24, 2.45) is 0 Å². The molecule has 12 heavy (non-hydrogen) atoms. The minimum atomic E-state index is -0.160. The molecule has 0 saturated heterocycles. The van der Waals surface area contributed by atoms with Crippen molar-refractivity contribution < 1.29 is 9.53 Å². The number of nitrogens with zero attached hydrogens (tertiary/aromatic N) is 1. The Bertz CT molecular complexity index is 236. The molecule has 1 rings (SSSR count). The van der Waals surface area contributed by atoms with Gasteiger partial charge in [-0.15, -0.1) is 23.1 Å². The van der Waals surface area contributed by atoms with Gasteiger partial charge in [-0.2, -0.15) is 0 Å². The van der Waals surface area contributed by atoms with E-state index in [1.807, 2.05) is 0 Å². The number of aromatic nitrogens is 1. The third-order valence-electron chi connectivity index (χ3n) is 1.19. The van der Waals surface area contributed by atoms with Crippen molar-refractivity contribution in [3.63, 3.8) is 0 Å². The van der Waals surface area contributed by atoms with E-state index in [2.05, 4.69) is 9.72 Å². The fourth-order valence-corrected chi connectivity index (χ4v) is 2.22. The third kappa shape index (κ3) is 3.23. The Balaban J connectivity index is 2.15. The first-order chi connectivity index (χ1) is 5.83. The van der Waals surface area contributed by atoms with E-state index < -0.39 is 0 Å². The highest BCUT2D eigenvalue weighted by Crippen LogP contribution is 2.22. The molecule has 0 aromatic carbocycles. The summed E-state index contributed by atoms with van der Waals surface area (Å²) in [6.45, 7) is 0. The fourth-order valence-electron chi connectivity index (χ4n) is 0.612. The normalized spacial score (nSPS) is 9.75. The van der Waals surface area contributed by atoms with Crippen molar-refractivity contribution in [3.8, 4) is 0 Å². The molecule has 0 radical (unpaired) electrons. The molecule has 1 aromatic heterocycles. The molecule has 0 aliphatic carbocycles. The van der Waals surface area contributed by atoms with Gasteiger partial charge < -0.3 is 4.74 Å². The average molecular weight is 203 g/mol. The van der Waals surface area contributed by atoms with Crippen LogP contribution in [0.4, 0.5) is 0 Å². The quantitative estimate of drug-likeness (QED) is 0.552. The number of carbonyl (C=O) groups is 1. The van der Waals surface area contributed by atoms with Crippen molar-refractivity contribution in [1.82, 2.24) is 4.98 Å². The Morgan fingerprint density at radius 2 is 2.67 bits per heavy atom. The van der Waals surface area contributed by atoms with E-state index in [4.69, 9.17) is 0 Å². The first-order valence-electron chi connectivity index (χ1n) is 3.41. The van der Waals surface area contributed by atoms with E-state index in [1.54, 1.807) is 34.8 Å². The lowest BCUT2D eigenvalue weighted by Crippen LogP contribution is -2.00. The van der Waals surface area contributed by atoms with Crippen LogP contribution in [-0.4, -0.2) is 23.8 Å². The molecule has 3 nitrogen and oxygen atoms in total. The number of hydrogen-bond acceptors (Lipinski definition) is 5. The van der Waals surface area contributed by atoms with Crippen LogP contribution in [0.3, 0.4) is 0 Å². The van der Waals surface area contributed by atoms with Crippen LogP contribution in [-0.2, 0) is 9.53 Å². The second-order valence-electron chi connectivity index (χ2n) is 2.00. The van der Waals surface area contributed by atoms with Crippen molar-refractivity contribution in [3.05, 3.63) is 11.7 Å². The molecule has 0 amide bonds. The van der Waals surface area contributed by atoms with Crippen LogP contribution in [0.15, 0.2) is 15.9 Å². The van der Waals surface area contributed by atoms with Gasteiger partial charge in [-0.3, -0.25) is 9.78 Å². The molecule has 5 heteroatoms. The van der Waals surface area contributed by atoms with Crippen molar-refractivity contribution in [2.45, 2.75) is 10.6 Å². The van der Waals surface area contributed by atoms with Gasteiger partial charge in [-0.25, -0.2) is 0 Å². The van der Waals surface area contributed by atoms with Gasteiger partial charge in [0.1, 0.15) is 0 Å². The van der Waals surface area contributed by atoms with Gasteiger partial charge in [0.05, 0.1) is 29.4 Å². The van der Waals surface area contributed by atoms with Crippen LogP contribution in [0.25, 0.3) is 0 Å². The maximum atomic E-state index is 10.7. The van der Waals surface area contributed by atoms with Crippen molar-refractivity contribution >= 4 is 29.1 Å². The molecule has 66 valence electrons. The molecule has 0 bridgehead atoms. The van der Waals surface area contributed by atoms with Crippen LogP contribution in [0, 0.1) is 0 Å². The van der Waals surface area contributed by atoms with Crippen molar-refractivity contribution in [2.75, 3.05) is 12.9 Å². The van der Waals surface area contributed by atoms with Crippen LogP contribution in [0.1, 0.15) is 6.42 Å². The maximum Gasteiger partial charge on any atom is 0.306 e. The summed E-state index contributed by atoms with van der Waals surface area (Å²) >= 11 is 3.21. The number of thioether (sulfide) groups is 1. The number of rotatable bonds is 4. The average Bonchev–Trinajstić information content (AvgIpc) is 2.57. The van der Waals surface area contributed by atoms with Crippen LogP contribution < -0.4 is 0 Å². The summed E-state index contributed by atoms with van der Waals surface area (Å²) in [6.07, 6.45) is 2.26. The summed E-state index contributed by atoms with van der Waals surface area (Å²) in [7, 11) is 1.40. The first kappa shape index (κ1) is 9.54. The number of thiazole rings is 1. The Morgan fingerprint density at radius 1 is 1.83 bits per heavy atom. The Labute approximate surface area is 79.1 Å². The standard InChI is InChI=1S/C7H9NO2S2/c1-10-6(9)2-3-11-7-4-8-5-12-7/h4-5H,2-3H2,1H3. The van der Waals surface area contributed by atoms with E-state index in [0.717, 1.165) is 9.96 Å². The topological polar surface area (TPSA) is 39.2 Å². The summed E-state index contributed by atoms with van der Waals surface area (Å²) in [6, 6.07) is 0. The van der Waals surface area contributed by atoms with Gasteiger partial charge in [0.2, 0.25) is 0 Å². The maximum absolute atomic E-state index is 10.7. The highest BCUT2D eigenvalue weighted by Gasteiger charge is 2.01. The summed E-state index contributed by atoms with van der Waals surface area (Å²) in [5, 5.41) is 0. The Morgan fingerprint density at radius 3 is 3.25 bits per heavy atom. The number of carbonyl (C=O) groups excluding carboxylic acids is 1. The molecule has 0 atom stereocenters. The number of esters is 1. The molecule has 0 aliphatic rings. The highest BCUT2D eigenvalue weighted by molar-refractivity contribution is 8.01. The molecule has 0 unspecified atom stereocenters. The Kier molecular flexibility index (Phi) is 4.10. The zero-order chi connectivity index (χ0) is 8.81. The first-order valence-corrected chi connectivity index (χ1v) is 5.27. The molecule has 1 heterocycles. The summed E-state index contributed by atoms with van der Waals surface area (Å²) in [5.74, 6) is 0.599. The second kappa shape index (κ2) is 5.16. The minimum Gasteiger partial charge on any atom is -0.469 e. The van der Waals surface area contributed by atoms with Gasteiger partial charge in [0.25, 0.3) is 0 Å². The van der Waals surface area contributed by atoms with Gasteiger partial charge >= 0.3 is 5.97 Å². The zero-order valence-electron chi connectivity index (χ0n) is 6.65. The third-order valence-corrected chi connectivity index (χ3v) is 3.19. The molecule has 0 saturated carbocycles. The van der Waals surface area contributed by atoms with Gasteiger partial charge in [-0.1, -0.05) is 0 Å².